The SMILES string of the molecule is CCCCCCC1=C(C)c2nc1cc1[nH]c(c(C)c1CCCCCC)c(-c1ccc(NC(=O)c3cc(C(C)(C)C)cc4c3Oc3c(C(=O)O)cc(C(C)(C)C)cc3C4(C)C)cc1)c1[nH]c(cc3nc(c2-c2ccc(C)cc2)C(C)=C3CCCCCC)c(CCCCCC)c1C. The number of allylic oxidation sites excluding steroid dienone is 4. The molecule has 4 N–H and O–H groups in total. The van der Waals surface area contributed by atoms with E-state index >= 15 is 4.79 Å². The van der Waals surface area contributed by atoms with Crippen molar-refractivity contribution in [3.8, 4) is 33.8 Å². The van der Waals surface area contributed by atoms with E-state index < -0.39 is 11.4 Å². The molecule has 0 unspecified atom stereocenters. The van der Waals surface area contributed by atoms with Crippen molar-refractivity contribution in [2.24, 2.45) is 0 Å². The Hall–Kier alpha value is -7.78. The van der Waals surface area contributed by atoms with E-state index in [0.717, 1.165) is 166 Å². The average Bonchev–Trinajstić information content (AvgIpc) is 1.49. The van der Waals surface area contributed by atoms with Gasteiger partial charge >= 0.3 is 5.97 Å². The lowest BCUT2D eigenvalue weighted by Gasteiger charge is -2.38. The fourth-order valence-electron chi connectivity index (χ4n) is 14.7. The van der Waals surface area contributed by atoms with Crippen LogP contribution in [-0.2, 0) is 29.1 Å². The molecule has 4 aromatic carbocycles. The molecule has 3 aromatic heterocycles. The van der Waals surface area contributed by atoms with Gasteiger partial charge in [0.25, 0.3) is 5.91 Å². The number of nitrogens with zero attached hydrogens (tertiary/aromatic N) is 2. The number of hydrogen-bond donors (Lipinski definition) is 4. The zero-order valence-corrected chi connectivity index (χ0v) is 60.8. The van der Waals surface area contributed by atoms with Crippen LogP contribution >= 0.6 is 0 Å². The topological polar surface area (TPSA) is 133 Å². The summed E-state index contributed by atoms with van der Waals surface area (Å²) in [5.41, 5.74) is 27.5. The Morgan fingerprint density at radius 3 is 1.33 bits per heavy atom. The Morgan fingerprint density at radius 2 is 0.905 bits per heavy atom. The standard InChI is InChI=1S/C86H109N5O4/c1-18-22-26-30-34-62-53(6)76-74(57-40-38-52(5)39-41-57)77-54(7)63(35-31-27-23-19-2)71(89-77)51-73-65(37-33-29-25-21-4)56(9)79(91-73)75(78-55(8)64(36-32-28-24-20-3)72(90-78)50-70(62)88-76)58-42-44-61(45-43-58)87-82(92)66-46-59(84(10,11)12)48-68-80(66)95-81-67(83(93)94)47-60(85(13,14)15)49-69(81)86(68,16)17/h38-51,90-91H,18-37H2,1-17H3,(H,87,92)(H,93,94). The highest BCUT2D eigenvalue weighted by molar-refractivity contribution is 6.08. The third-order valence-electron chi connectivity index (χ3n) is 20.9. The molecule has 1 amide bonds. The van der Waals surface area contributed by atoms with Crippen molar-refractivity contribution in [1.82, 2.24) is 19.9 Å². The summed E-state index contributed by atoms with van der Waals surface area (Å²) in [6, 6.07) is 30.1. The lowest BCUT2D eigenvalue weighted by Crippen LogP contribution is -2.30. The third-order valence-corrected chi connectivity index (χ3v) is 20.9. The second kappa shape index (κ2) is 29.3. The van der Waals surface area contributed by atoms with E-state index in [2.05, 4.69) is 194 Å². The number of carbonyl (C=O) groups is 2. The number of aromatic carboxylic acids is 1. The van der Waals surface area contributed by atoms with Crippen LogP contribution in [0.15, 0.2) is 84.9 Å². The molecule has 7 aromatic rings. The third kappa shape index (κ3) is 14.7. The highest BCUT2D eigenvalue weighted by Gasteiger charge is 2.41. The van der Waals surface area contributed by atoms with Crippen LogP contribution in [0.2, 0.25) is 0 Å². The minimum Gasteiger partial charge on any atom is -0.478 e. The molecule has 3 aliphatic heterocycles. The van der Waals surface area contributed by atoms with Crippen molar-refractivity contribution in [1.29, 1.82) is 0 Å². The number of aromatic nitrogens is 4. The lowest BCUT2D eigenvalue weighted by molar-refractivity contribution is 0.0693. The van der Waals surface area contributed by atoms with Gasteiger partial charge in [-0.3, -0.25) is 4.79 Å². The maximum absolute atomic E-state index is 15.3. The van der Waals surface area contributed by atoms with Crippen LogP contribution in [0.4, 0.5) is 5.69 Å². The normalized spacial score (nSPS) is 13.7. The summed E-state index contributed by atoms with van der Waals surface area (Å²) in [6.45, 7) is 37.6. The number of benzene rings is 4. The molecular formula is C86H109N5O4. The van der Waals surface area contributed by atoms with Crippen LogP contribution in [-0.4, -0.2) is 36.9 Å². The van der Waals surface area contributed by atoms with Gasteiger partial charge in [-0.05, 0) is 200 Å². The molecule has 0 spiro atoms. The summed E-state index contributed by atoms with van der Waals surface area (Å²) in [5, 5.41) is 14.1. The van der Waals surface area contributed by atoms with Gasteiger partial charge in [-0.25, -0.2) is 14.8 Å². The van der Waals surface area contributed by atoms with Crippen molar-refractivity contribution >= 4 is 61.9 Å². The van der Waals surface area contributed by atoms with Gasteiger partial charge in [0.1, 0.15) is 17.1 Å². The zero-order valence-electron chi connectivity index (χ0n) is 60.8. The number of amides is 1. The lowest BCUT2D eigenvalue weighted by atomic mass is 9.70. The number of fused-ring (bicyclic) bond motifs is 10. The molecule has 0 radical (unpaired) electrons. The molecule has 9 heteroatoms. The number of carbonyl (C=O) groups excluding carboxylic acids is 1. The monoisotopic (exact) mass is 1280 g/mol. The van der Waals surface area contributed by atoms with Crippen molar-refractivity contribution in [2.75, 3.05) is 5.32 Å². The first-order chi connectivity index (χ1) is 45.3. The zero-order chi connectivity index (χ0) is 68.3. The van der Waals surface area contributed by atoms with Gasteiger partial charge in [0, 0.05) is 44.4 Å². The Bertz CT molecular complexity index is 4120. The van der Waals surface area contributed by atoms with Gasteiger partial charge in [-0.1, -0.05) is 214 Å². The number of anilines is 1. The summed E-state index contributed by atoms with van der Waals surface area (Å²) < 4.78 is 6.81. The van der Waals surface area contributed by atoms with Crippen LogP contribution in [0.25, 0.3) is 66.6 Å². The average molecular weight is 1280 g/mol. The second-order valence-electron chi connectivity index (χ2n) is 30.4. The van der Waals surface area contributed by atoms with Crippen molar-refractivity contribution in [3.63, 3.8) is 0 Å². The molecule has 3 aliphatic rings. The van der Waals surface area contributed by atoms with E-state index in [1.165, 1.54) is 101 Å². The van der Waals surface area contributed by atoms with E-state index in [9.17, 15) is 9.90 Å². The summed E-state index contributed by atoms with van der Waals surface area (Å²) in [4.78, 5) is 48.6. The van der Waals surface area contributed by atoms with Gasteiger partial charge < -0.3 is 25.1 Å². The number of H-pyrrole nitrogens is 2. The molecule has 0 saturated heterocycles. The Morgan fingerprint density at radius 1 is 0.505 bits per heavy atom. The largest absolute Gasteiger partial charge is 0.478 e. The number of ether oxygens (including phenoxy) is 1. The molecule has 9 nitrogen and oxygen atoms in total. The van der Waals surface area contributed by atoms with Crippen LogP contribution in [0.5, 0.6) is 11.5 Å². The number of hydrogen-bond acceptors (Lipinski definition) is 5. The molecule has 502 valence electrons. The predicted octanol–water partition coefficient (Wildman–Crippen LogP) is 24.6. The molecule has 10 rings (SSSR count). The van der Waals surface area contributed by atoms with E-state index in [1.807, 2.05) is 18.2 Å². The first-order valence-electron chi connectivity index (χ1n) is 36.3. The van der Waals surface area contributed by atoms with E-state index in [0.29, 0.717) is 17.0 Å². The summed E-state index contributed by atoms with van der Waals surface area (Å²) in [7, 11) is 0. The van der Waals surface area contributed by atoms with Crippen LogP contribution < -0.4 is 10.1 Å². The number of carboxylic acid groups (broad SMARTS) is 1. The highest BCUT2D eigenvalue weighted by Crippen LogP contribution is 2.53. The number of aromatic amines is 2. The van der Waals surface area contributed by atoms with Crippen molar-refractivity contribution in [2.45, 2.75) is 262 Å². The van der Waals surface area contributed by atoms with Gasteiger partial charge in [0.05, 0.1) is 39.4 Å². The predicted molar refractivity (Wildman–Crippen MR) is 402 cm³/mol. The number of unbranched alkanes of at least 4 members (excludes halogenated alkanes) is 12. The number of rotatable bonds is 25. The summed E-state index contributed by atoms with van der Waals surface area (Å²) >= 11 is 0. The first kappa shape index (κ1) is 70.0. The molecule has 0 aliphatic carbocycles. The van der Waals surface area contributed by atoms with Crippen molar-refractivity contribution < 1.29 is 19.4 Å². The van der Waals surface area contributed by atoms with Gasteiger partial charge in [0.15, 0.2) is 0 Å². The van der Waals surface area contributed by atoms with Crippen LogP contribution in [0.3, 0.4) is 0 Å². The van der Waals surface area contributed by atoms with Crippen molar-refractivity contribution in [3.05, 3.63) is 169 Å². The Balaban J connectivity index is 1.23. The number of nitrogens with one attached hydrogen (secondary N) is 3. The van der Waals surface area contributed by atoms with Gasteiger partial charge in [-0.15, -0.1) is 0 Å². The fourth-order valence-corrected chi connectivity index (χ4v) is 14.7. The van der Waals surface area contributed by atoms with Gasteiger partial charge in [-0.2, -0.15) is 0 Å². The molecule has 95 heavy (non-hydrogen) atoms. The maximum Gasteiger partial charge on any atom is 0.339 e. The summed E-state index contributed by atoms with van der Waals surface area (Å²) in [6.07, 6.45) is 22.2. The molecule has 6 heterocycles. The van der Waals surface area contributed by atoms with Crippen LogP contribution in [0, 0.1) is 20.8 Å². The van der Waals surface area contributed by atoms with E-state index in [-0.39, 0.29) is 28.1 Å². The van der Waals surface area contributed by atoms with Crippen LogP contribution in [0.1, 0.15) is 306 Å². The van der Waals surface area contributed by atoms with E-state index in [4.69, 9.17) is 14.7 Å². The maximum atomic E-state index is 15.3. The number of carboxylic acids is 1. The van der Waals surface area contributed by atoms with E-state index in [1.54, 1.807) is 6.07 Å². The molecule has 0 atom stereocenters. The quantitative estimate of drug-likeness (QED) is 0.0421. The Kier molecular flexibility index (Phi) is 21.6. The number of aryl methyl sites for hydroxylation is 5. The first-order valence-corrected chi connectivity index (χ1v) is 36.3. The minimum atomic E-state index is -1.07. The van der Waals surface area contributed by atoms with Gasteiger partial charge in [0.2, 0.25) is 0 Å². The Labute approximate surface area is 568 Å². The fraction of sp³-hybridized carbons (Fsp3) is 0.465. The molecular weight excluding hydrogens is 1170 g/mol. The smallest absolute Gasteiger partial charge is 0.339 e. The second-order valence-corrected chi connectivity index (χ2v) is 30.4. The highest BCUT2D eigenvalue weighted by atomic mass is 16.5. The molecule has 8 bridgehead atoms. The minimum absolute atomic E-state index is 0.0843. The summed E-state index contributed by atoms with van der Waals surface area (Å²) in [5.74, 6) is -0.755. The molecule has 0 fully saturated rings. The molecule has 0 saturated carbocycles.